The third-order valence-electron chi connectivity index (χ3n) is 3.56. The highest BCUT2D eigenvalue weighted by atomic mass is 32.2. The highest BCUT2D eigenvalue weighted by molar-refractivity contribution is 7.86. The quantitative estimate of drug-likeness (QED) is 0.542. The SMILES string of the molecule is O=C1CC=NN1C(=O)c1ccoc1-c1ccc(S(=O)(=O)O)cc1S(=O)(=O)O. The number of benzene rings is 1. The Hall–Kier alpha value is -2.87. The Bertz CT molecular complexity index is 1190. The summed E-state index contributed by atoms with van der Waals surface area (Å²) in [7, 11) is -9.73. The molecule has 13 heteroatoms. The summed E-state index contributed by atoms with van der Waals surface area (Å²) in [5, 5.41) is 4.18. The summed E-state index contributed by atoms with van der Waals surface area (Å²) in [5.74, 6) is -1.86. The summed E-state index contributed by atoms with van der Waals surface area (Å²) < 4.78 is 69.5. The topological polar surface area (TPSA) is 172 Å². The molecule has 142 valence electrons. The van der Waals surface area contributed by atoms with Crippen molar-refractivity contribution in [2.45, 2.75) is 16.2 Å². The van der Waals surface area contributed by atoms with E-state index in [0.717, 1.165) is 24.5 Å². The maximum atomic E-state index is 12.5. The molecule has 1 aliphatic heterocycles. The van der Waals surface area contributed by atoms with E-state index in [0.29, 0.717) is 11.1 Å². The zero-order valence-corrected chi connectivity index (χ0v) is 14.8. The van der Waals surface area contributed by atoms with Crippen LogP contribution in [-0.4, -0.2) is 49.0 Å². The highest BCUT2D eigenvalue weighted by Gasteiger charge is 2.31. The molecule has 0 unspecified atom stereocenters. The molecular weight excluding hydrogens is 404 g/mol. The molecule has 0 bridgehead atoms. The zero-order valence-electron chi connectivity index (χ0n) is 13.1. The molecule has 0 fully saturated rings. The highest BCUT2D eigenvalue weighted by Crippen LogP contribution is 2.33. The fourth-order valence-electron chi connectivity index (χ4n) is 2.38. The van der Waals surface area contributed by atoms with E-state index in [1.807, 2.05) is 0 Å². The van der Waals surface area contributed by atoms with E-state index in [-0.39, 0.29) is 23.3 Å². The largest absolute Gasteiger partial charge is 0.463 e. The van der Waals surface area contributed by atoms with Gasteiger partial charge in [0.15, 0.2) is 0 Å². The molecular formula is C14H10N2O9S2. The standard InChI is InChI=1S/C14H10N2O9S2/c17-12-3-5-15-16(12)14(18)10-4-6-25-13(10)9-2-1-8(26(19,20)21)7-11(9)27(22,23)24/h1-2,4-7H,3H2,(H,19,20,21)(H,22,23,24). The second kappa shape index (κ2) is 6.38. The van der Waals surface area contributed by atoms with E-state index in [1.165, 1.54) is 6.21 Å². The van der Waals surface area contributed by atoms with Gasteiger partial charge >= 0.3 is 0 Å². The van der Waals surface area contributed by atoms with Crippen LogP contribution in [0, 0.1) is 0 Å². The van der Waals surface area contributed by atoms with Crippen molar-refractivity contribution in [2.75, 3.05) is 0 Å². The molecule has 0 saturated heterocycles. The van der Waals surface area contributed by atoms with Crippen molar-refractivity contribution in [3.63, 3.8) is 0 Å². The van der Waals surface area contributed by atoms with Gasteiger partial charge in [-0.2, -0.15) is 26.9 Å². The van der Waals surface area contributed by atoms with Crippen LogP contribution in [0.3, 0.4) is 0 Å². The molecule has 1 aliphatic rings. The Morgan fingerprint density at radius 2 is 1.81 bits per heavy atom. The van der Waals surface area contributed by atoms with Crippen LogP contribution in [0.1, 0.15) is 16.8 Å². The Kier molecular flexibility index (Phi) is 4.47. The van der Waals surface area contributed by atoms with Crippen LogP contribution in [-0.2, 0) is 25.0 Å². The van der Waals surface area contributed by atoms with E-state index < -0.39 is 41.8 Å². The number of rotatable bonds is 4. The Balaban J connectivity index is 2.19. The number of hydrogen-bond donors (Lipinski definition) is 2. The maximum absolute atomic E-state index is 12.5. The summed E-state index contributed by atoms with van der Waals surface area (Å²) in [4.78, 5) is 22.4. The van der Waals surface area contributed by atoms with Crippen molar-refractivity contribution in [3.8, 4) is 11.3 Å². The van der Waals surface area contributed by atoms with Gasteiger partial charge in [0.2, 0.25) is 0 Å². The second-order valence-electron chi connectivity index (χ2n) is 5.28. The number of imide groups is 1. The van der Waals surface area contributed by atoms with Gasteiger partial charge in [0, 0.05) is 11.8 Å². The Morgan fingerprint density at radius 3 is 2.37 bits per heavy atom. The lowest BCUT2D eigenvalue weighted by Crippen LogP contribution is -2.28. The first-order chi connectivity index (χ1) is 12.5. The van der Waals surface area contributed by atoms with Crippen molar-refractivity contribution in [1.29, 1.82) is 0 Å². The number of amides is 2. The number of nitrogens with zero attached hydrogens (tertiary/aromatic N) is 2. The number of furan rings is 1. The third kappa shape index (κ3) is 3.52. The van der Waals surface area contributed by atoms with Crippen molar-refractivity contribution in [2.24, 2.45) is 5.10 Å². The molecule has 0 radical (unpaired) electrons. The minimum Gasteiger partial charge on any atom is -0.463 e. The van der Waals surface area contributed by atoms with Gasteiger partial charge < -0.3 is 4.42 Å². The Labute approximate surface area is 152 Å². The van der Waals surface area contributed by atoms with Crippen LogP contribution in [0.4, 0.5) is 0 Å². The minimum absolute atomic E-state index is 0.0851. The predicted molar refractivity (Wildman–Crippen MR) is 88.1 cm³/mol. The van der Waals surface area contributed by atoms with Crippen LogP contribution >= 0.6 is 0 Å². The first kappa shape index (κ1) is 18.9. The average Bonchev–Trinajstić information content (AvgIpc) is 3.20. The van der Waals surface area contributed by atoms with Crippen LogP contribution in [0.15, 0.2) is 49.8 Å². The van der Waals surface area contributed by atoms with Gasteiger partial charge in [0.25, 0.3) is 32.1 Å². The van der Waals surface area contributed by atoms with Gasteiger partial charge in [0.05, 0.1) is 23.1 Å². The molecule has 0 atom stereocenters. The van der Waals surface area contributed by atoms with Crippen LogP contribution < -0.4 is 0 Å². The van der Waals surface area contributed by atoms with E-state index in [4.69, 9.17) is 8.97 Å². The van der Waals surface area contributed by atoms with E-state index >= 15 is 0 Å². The Morgan fingerprint density at radius 1 is 1.11 bits per heavy atom. The molecule has 11 nitrogen and oxygen atoms in total. The third-order valence-corrected chi connectivity index (χ3v) is 5.30. The predicted octanol–water partition coefficient (Wildman–Crippen LogP) is 0.798. The molecule has 1 aromatic carbocycles. The maximum Gasteiger partial charge on any atom is 0.295 e. The fraction of sp³-hybridized carbons (Fsp3) is 0.0714. The molecule has 0 saturated carbocycles. The van der Waals surface area contributed by atoms with Crippen molar-refractivity contribution in [3.05, 3.63) is 36.1 Å². The summed E-state index contributed by atoms with van der Waals surface area (Å²) in [6, 6.07) is 3.45. The molecule has 0 aliphatic carbocycles. The van der Waals surface area contributed by atoms with Crippen LogP contribution in [0.5, 0.6) is 0 Å². The molecule has 27 heavy (non-hydrogen) atoms. The van der Waals surface area contributed by atoms with Gasteiger partial charge in [-0.15, -0.1) is 0 Å². The molecule has 1 aromatic heterocycles. The number of hydrazone groups is 1. The van der Waals surface area contributed by atoms with Gasteiger partial charge in [-0.25, -0.2) is 0 Å². The monoisotopic (exact) mass is 414 g/mol. The first-order valence-corrected chi connectivity index (χ1v) is 9.95. The average molecular weight is 414 g/mol. The minimum atomic E-state index is -4.97. The second-order valence-corrected chi connectivity index (χ2v) is 8.10. The smallest absolute Gasteiger partial charge is 0.295 e. The van der Waals surface area contributed by atoms with Crippen LogP contribution in [0.25, 0.3) is 11.3 Å². The molecule has 2 aromatic rings. The first-order valence-electron chi connectivity index (χ1n) is 7.07. The lowest BCUT2D eigenvalue weighted by molar-refractivity contribution is -0.126. The van der Waals surface area contributed by atoms with Crippen molar-refractivity contribution in [1.82, 2.24) is 5.01 Å². The summed E-state index contributed by atoms with van der Waals surface area (Å²) >= 11 is 0. The normalized spacial score (nSPS) is 14.7. The van der Waals surface area contributed by atoms with Gasteiger partial charge in [-0.05, 0) is 24.3 Å². The number of carbonyl (C=O) groups excluding carboxylic acids is 2. The van der Waals surface area contributed by atoms with E-state index in [2.05, 4.69) is 5.10 Å². The summed E-state index contributed by atoms with van der Waals surface area (Å²) in [5.41, 5.74) is -0.596. The molecule has 2 heterocycles. The van der Waals surface area contributed by atoms with Gasteiger partial charge in [-0.3, -0.25) is 18.7 Å². The van der Waals surface area contributed by atoms with Crippen LogP contribution in [0.2, 0.25) is 0 Å². The molecule has 2 N–H and O–H groups in total. The fourth-order valence-corrected chi connectivity index (χ4v) is 3.68. The van der Waals surface area contributed by atoms with Gasteiger partial charge in [0.1, 0.15) is 10.7 Å². The zero-order chi connectivity index (χ0) is 20.0. The summed E-state index contributed by atoms with van der Waals surface area (Å²) in [6.07, 6.45) is 2.17. The lowest BCUT2D eigenvalue weighted by Gasteiger charge is -2.11. The summed E-state index contributed by atoms with van der Waals surface area (Å²) in [6.45, 7) is 0. The molecule has 0 spiro atoms. The molecule has 3 rings (SSSR count). The molecule has 2 amide bonds. The van der Waals surface area contributed by atoms with Gasteiger partial charge in [-0.1, -0.05) is 0 Å². The lowest BCUT2D eigenvalue weighted by atomic mass is 10.1. The number of carbonyl (C=O) groups is 2. The van der Waals surface area contributed by atoms with E-state index in [1.54, 1.807) is 0 Å². The van der Waals surface area contributed by atoms with E-state index in [9.17, 15) is 31.0 Å². The van der Waals surface area contributed by atoms with Crippen molar-refractivity contribution < 1.29 is 39.9 Å². The number of hydrogen-bond acceptors (Lipinski definition) is 8. The van der Waals surface area contributed by atoms with Crippen molar-refractivity contribution >= 4 is 38.3 Å².